The molecule has 0 bridgehead atoms. The molecule has 0 aromatic carbocycles. The molecule has 0 saturated carbocycles. The fourth-order valence-corrected chi connectivity index (χ4v) is 2.78. The molecule has 2 saturated heterocycles. The third-order valence-electron chi connectivity index (χ3n) is 3.05. The van der Waals surface area contributed by atoms with E-state index in [0.717, 1.165) is 18.3 Å². The quantitative estimate of drug-likeness (QED) is 0.728. The highest BCUT2D eigenvalue weighted by molar-refractivity contribution is 8.06. The maximum absolute atomic E-state index is 5.99. The molecule has 2 nitrogen and oxygen atoms in total. The Morgan fingerprint density at radius 3 is 2.43 bits per heavy atom. The molecule has 0 aliphatic carbocycles. The summed E-state index contributed by atoms with van der Waals surface area (Å²) in [6, 6.07) is 0. The van der Waals surface area contributed by atoms with Gasteiger partial charge in [-0.3, -0.25) is 0 Å². The maximum atomic E-state index is 5.99. The summed E-state index contributed by atoms with van der Waals surface area (Å²) in [6.07, 6.45) is 1.50. The SMILES string of the molecule is CC1(C)CC(OCC2CS2)C(C)(C)N1. The lowest BCUT2D eigenvalue weighted by molar-refractivity contribution is 0.0246. The molecule has 2 unspecified atom stereocenters. The molecule has 1 N–H and O–H groups in total. The summed E-state index contributed by atoms with van der Waals surface area (Å²) < 4.78 is 5.99. The molecule has 2 atom stereocenters. The minimum atomic E-state index is 0.128. The van der Waals surface area contributed by atoms with E-state index in [1.807, 2.05) is 11.8 Å². The number of hydrogen-bond donors (Lipinski definition) is 1. The molecule has 2 aliphatic rings. The van der Waals surface area contributed by atoms with E-state index in [2.05, 4.69) is 33.0 Å². The largest absolute Gasteiger partial charge is 0.375 e. The van der Waals surface area contributed by atoms with E-state index in [-0.39, 0.29) is 11.1 Å². The average Bonchev–Trinajstić information content (AvgIpc) is 2.74. The van der Waals surface area contributed by atoms with Crippen molar-refractivity contribution in [2.24, 2.45) is 0 Å². The van der Waals surface area contributed by atoms with E-state index >= 15 is 0 Å². The van der Waals surface area contributed by atoms with Crippen molar-refractivity contribution < 1.29 is 4.74 Å². The fraction of sp³-hybridized carbons (Fsp3) is 1.00. The van der Waals surface area contributed by atoms with Crippen molar-refractivity contribution in [2.75, 3.05) is 12.4 Å². The molecular formula is C11H21NOS. The average molecular weight is 215 g/mol. The second-order valence-corrected chi connectivity index (χ2v) is 7.05. The standard InChI is InChI=1S/C11H21NOS/c1-10(2)5-9(11(3,4)12-10)13-6-8-7-14-8/h8-9,12H,5-7H2,1-4H3. The van der Waals surface area contributed by atoms with Crippen molar-refractivity contribution in [1.29, 1.82) is 0 Å². The molecule has 0 amide bonds. The van der Waals surface area contributed by atoms with Crippen LogP contribution in [-0.2, 0) is 4.74 Å². The van der Waals surface area contributed by atoms with Crippen LogP contribution in [0, 0.1) is 0 Å². The van der Waals surface area contributed by atoms with Crippen LogP contribution in [0.1, 0.15) is 34.1 Å². The van der Waals surface area contributed by atoms with Gasteiger partial charge in [-0.05, 0) is 34.1 Å². The zero-order valence-corrected chi connectivity index (χ0v) is 10.4. The second-order valence-electron chi connectivity index (χ2n) is 5.71. The normalized spacial score (nSPS) is 38.6. The Morgan fingerprint density at radius 2 is 2.00 bits per heavy atom. The fourth-order valence-electron chi connectivity index (χ4n) is 2.38. The van der Waals surface area contributed by atoms with Gasteiger partial charge in [-0.2, -0.15) is 11.8 Å². The van der Waals surface area contributed by atoms with Crippen molar-refractivity contribution in [2.45, 2.75) is 56.5 Å². The zero-order chi connectivity index (χ0) is 10.4. The first-order chi connectivity index (χ1) is 6.39. The molecule has 2 fully saturated rings. The first kappa shape index (κ1) is 10.8. The van der Waals surface area contributed by atoms with Gasteiger partial charge in [0.1, 0.15) is 0 Å². The Morgan fingerprint density at radius 1 is 1.36 bits per heavy atom. The number of nitrogens with one attached hydrogen (secondary N) is 1. The van der Waals surface area contributed by atoms with Crippen LogP contribution in [0.4, 0.5) is 0 Å². The van der Waals surface area contributed by atoms with Crippen LogP contribution in [-0.4, -0.2) is 34.8 Å². The minimum Gasteiger partial charge on any atom is -0.375 e. The van der Waals surface area contributed by atoms with Crippen molar-refractivity contribution in [1.82, 2.24) is 5.32 Å². The van der Waals surface area contributed by atoms with Crippen molar-refractivity contribution in [3.05, 3.63) is 0 Å². The van der Waals surface area contributed by atoms with E-state index in [9.17, 15) is 0 Å². The number of ether oxygens (including phenoxy) is 1. The maximum Gasteiger partial charge on any atom is 0.0769 e. The highest BCUT2D eigenvalue weighted by Crippen LogP contribution is 2.35. The van der Waals surface area contributed by atoms with E-state index in [1.165, 1.54) is 5.75 Å². The molecule has 82 valence electrons. The van der Waals surface area contributed by atoms with Gasteiger partial charge in [-0.15, -0.1) is 0 Å². The molecule has 2 aliphatic heterocycles. The smallest absolute Gasteiger partial charge is 0.0769 e. The van der Waals surface area contributed by atoms with Crippen molar-refractivity contribution in [3.8, 4) is 0 Å². The molecular weight excluding hydrogens is 194 g/mol. The minimum absolute atomic E-state index is 0.128. The molecule has 2 rings (SSSR count). The summed E-state index contributed by atoms with van der Waals surface area (Å²) in [5, 5.41) is 4.42. The highest BCUT2D eigenvalue weighted by atomic mass is 32.2. The number of rotatable bonds is 3. The summed E-state index contributed by atoms with van der Waals surface area (Å²) in [4.78, 5) is 0. The Kier molecular flexibility index (Phi) is 2.61. The van der Waals surface area contributed by atoms with Gasteiger partial charge in [0.25, 0.3) is 0 Å². The summed E-state index contributed by atoms with van der Waals surface area (Å²) in [6.45, 7) is 9.93. The van der Waals surface area contributed by atoms with Crippen LogP contribution in [0.25, 0.3) is 0 Å². The van der Waals surface area contributed by atoms with E-state index < -0.39 is 0 Å². The Labute approximate surface area is 91.2 Å². The van der Waals surface area contributed by atoms with Crippen LogP contribution in [0.2, 0.25) is 0 Å². The van der Waals surface area contributed by atoms with Crippen LogP contribution in [0.15, 0.2) is 0 Å². The summed E-state index contributed by atoms with van der Waals surface area (Å²) >= 11 is 2.01. The first-order valence-corrected chi connectivity index (χ1v) is 6.46. The highest BCUT2D eigenvalue weighted by Gasteiger charge is 2.45. The topological polar surface area (TPSA) is 21.3 Å². The molecule has 3 heteroatoms. The van der Waals surface area contributed by atoms with Crippen LogP contribution < -0.4 is 5.32 Å². The van der Waals surface area contributed by atoms with Gasteiger partial charge in [0, 0.05) is 22.1 Å². The van der Waals surface area contributed by atoms with Gasteiger partial charge in [-0.25, -0.2) is 0 Å². The summed E-state index contributed by atoms with van der Waals surface area (Å²) in [5.41, 5.74) is 0.355. The van der Waals surface area contributed by atoms with Crippen molar-refractivity contribution in [3.63, 3.8) is 0 Å². The predicted molar refractivity (Wildman–Crippen MR) is 61.9 cm³/mol. The van der Waals surface area contributed by atoms with Gasteiger partial charge in [0.05, 0.1) is 12.7 Å². The third kappa shape index (κ3) is 2.44. The number of hydrogen-bond acceptors (Lipinski definition) is 3. The first-order valence-electron chi connectivity index (χ1n) is 5.42. The van der Waals surface area contributed by atoms with Gasteiger partial charge < -0.3 is 10.1 Å². The molecule has 0 aromatic rings. The second kappa shape index (κ2) is 3.39. The molecule has 14 heavy (non-hydrogen) atoms. The van der Waals surface area contributed by atoms with Gasteiger partial charge >= 0.3 is 0 Å². The number of thioether (sulfide) groups is 1. The van der Waals surface area contributed by atoms with E-state index in [1.54, 1.807) is 0 Å². The summed E-state index contributed by atoms with van der Waals surface area (Å²) in [5.74, 6) is 1.30. The van der Waals surface area contributed by atoms with Crippen LogP contribution in [0.3, 0.4) is 0 Å². The third-order valence-corrected chi connectivity index (χ3v) is 3.99. The molecule has 0 radical (unpaired) electrons. The van der Waals surface area contributed by atoms with E-state index in [4.69, 9.17) is 4.74 Å². The lowest BCUT2D eigenvalue weighted by Crippen LogP contribution is -2.47. The lowest BCUT2D eigenvalue weighted by Gasteiger charge is -2.28. The Hall–Kier alpha value is 0.270. The molecule has 2 heterocycles. The Bertz CT molecular complexity index is 223. The van der Waals surface area contributed by atoms with E-state index in [0.29, 0.717) is 6.10 Å². The molecule has 0 spiro atoms. The molecule has 0 aromatic heterocycles. The zero-order valence-electron chi connectivity index (χ0n) is 9.59. The predicted octanol–water partition coefficient (Wildman–Crippen LogP) is 2.04. The summed E-state index contributed by atoms with van der Waals surface area (Å²) in [7, 11) is 0. The van der Waals surface area contributed by atoms with Crippen molar-refractivity contribution >= 4 is 11.8 Å². The van der Waals surface area contributed by atoms with Gasteiger partial charge in [0.2, 0.25) is 0 Å². The van der Waals surface area contributed by atoms with Gasteiger partial charge in [-0.1, -0.05) is 0 Å². The van der Waals surface area contributed by atoms with Crippen LogP contribution in [0.5, 0.6) is 0 Å². The monoisotopic (exact) mass is 215 g/mol. The lowest BCUT2D eigenvalue weighted by atomic mass is 9.97. The van der Waals surface area contributed by atoms with Gasteiger partial charge in [0.15, 0.2) is 0 Å². The van der Waals surface area contributed by atoms with Crippen LogP contribution >= 0.6 is 11.8 Å². The Balaban J connectivity index is 1.89.